The Labute approximate surface area is 88.7 Å². The maximum absolute atomic E-state index is 9.80. The second kappa shape index (κ2) is 3.55. The molecule has 1 unspecified atom stereocenters. The van der Waals surface area contributed by atoms with E-state index in [1.807, 2.05) is 14.0 Å². The first-order valence-electron chi connectivity index (χ1n) is 4.95. The van der Waals surface area contributed by atoms with E-state index in [1.165, 1.54) is 0 Å². The van der Waals surface area contributed by atoms with Gasteiger partial charge in [0, 0.05) is 13.5 Å². The molecule has 0 amide bonds. The van der Waals surface area contributed by atoms with Crippen molar-refractivity contribution in [2.75, 3.05) is 0 Å². The Bertz CT molecular complexity index is 344. The summed E-state index contributed by atoms with van der Waals surface area (Å²) in [4.78, 5) is 0. The van der Waals surface area contributed by atoms with Crippen LogP contribution in [0.2, 0.25) is 5.02 Å². The minimum Gasteiger partial charge on any atom is -0.392 e. The van der Waals surface area contributed by atoms with Gasteiger partial charge in [-0.15, -0.1) is 0 Å². The fourth-order valence-electron chi connectivity index (χ4n) is 1.75. The van der Waals surface area contributed by atoms with Gasteiger partial charge in [0.2, 0.25) is 0 Å². The number of hydrogen-bond donors (Lipinski definition) is 1. The summed E-state index contributed by atoms with van der Waals surface area (Å²) in [5, 5.41) is 14.7. The Hall–Kier alpha value is -0.540. The average molecular weight is 215 g/mol. The number of halogens is 1. The fourth-order valence-corrected chi connectivity index (χ4v) is 1.98. The van der Waals surface area contributed by atoms with E-state index < -0.39 is 0 Å². The predicted octanol–water partition coefficient (Wildman–Crippen LogP) is 1.70. The molecule has 78 valence electrons. The van der Waals surface area contributed by atoms with Crippen molar-refractivity contribution in [2.45, 2.75) is 32.3 Å². The molecule has 1 fully saturated rings. The lowest BCUT2D eigenvalue weighted by molar-refractivity contribution is 0.149. The quantitative estimate of drug-likeness (QED) is 0.832. The fraction of sp³-hybridized carbons (Fsp3) is 0.700. The highest BCUT2D eigenvalue weighted by atomic mass is 35.5. The number of aromatic nitrogens is 2. The molecule has 14 heavy (non-hydrogen) atoms. The molecule has 1 saturated carbocycles. The van der Waals surface area contributed by atoms with Crippen LogP contribution in [-0.4, -0.2) is 21.0 Å². The molecule has 0 aromatic carbocycles. The van der Waals surface area contributed by atoms with E-state index in [1.54, 1.807) is 4.68 Å². The van der Waals surface area contributed by atoms with Crippen LogP contribution in [-0.2, 0) is 13.5 Å². The Morgan fingerprint density at radius 3 is 2.71 bits per heavy atom. The predicted molar refractivity (Wildman–Crippen MR) is 55.4 cm³/mol. The van der Waals surface area contributed by atoms with Crippen LogP contribution >= 0.6 is 11.6 Å². The molecule has 1 aliphatic carbocycles. The molecule has 1 atom stereocenters. The van der Waals surface area contributed by atoms with Gasteiger partial charge >= 0.3 is 0 Å². The van der Waals surface area contributed by atoms with E-state index in [9.17, 15) is 5.11 Å². The van der Waals surface area contributed by atoms with Gasteiger partial charge in [-0.2, -0.15) is 5.10 Å². The maximum Gasteiger partial charge on any atom is 0.0847 e. The molecule has 2 rings (SSSR count). The molecule has 1 aromatic heterocycles. The molecule has 1 aromatic rings. The first-order valence-corrected chi connectivity index (χ1v) is 5.33. The Kier molecular flexibility index (Phi) is 2.54. The molecule has 4 heteroatoms. The summed E-state index contributed by atoms with van der Waals surface area (Å²) in [6, 6.07) is 0. The second-order valence-electron chi connectivity index (χ2n) is 4.08. The number of aliphatic hydroxyl groups excluding tert-OH is 1. The van der Waals surface area contributed by atoms with Crippen molar-refractivity contribution >= 4 is 11.6 Å². The van der Waals surface area contributed by atoms with Crippen LogP contribution in [0.25, 0.3) is 0 Å². The summed E-state index contributed by atoms with van der Waals surface area (Å²) in [5.41, 5.74) is 1.79. The van der Waals surface area contributed by atoms with Crippen LogP contribution in [0, 0.1) is 12.8 Å². The van der Waals surface area contributed by atoms with Gasteiger partial charge in [0.25, 0.3) is 0 Å². The zero-order valence-corrected chi connectivity index (χ0v) is 9.25. The van der Waals surface area contributed by atoms with Crippen LogP contribution in [0.1, 0.15) is 24.2 Å². The van der Waals surface area contributed by atoms with E-state index >= 15 is 0 Å². The third kappa shape index (κ3) is 1.79. The van der Waals surface area contributed by atoms with Gasteiger partial charge in [0.1, 0.15) is 0 Å². The molecule has 0 spiro atoms. The second-order valence-corrected chi connectivity index (χ2v) is 4.46. The lowest BCUT2D eigenvalue weighted by Gasteiger charge is -2.09. The zero-order valence-electron chi connectivity index (χ0n) is 8.50. The topological polar surface area (TPSA) is 38.0 Å². The molecular formula is C10H15ClN2O. The molecule has 3 nitrogen and oxygen atoms in total. The molecule has 0 saturated heterocycles. The van der Waals surface area contributed by atoms with Crippen LogP contribution in [0.15, 0.2) is 0 Å². The largest absolute Gasteiger partial charge is 0.392 e. The highest BCUT2D eigenvalue weighted by Crippen LogP contribution is 2.35. The molecule has 0 radical (unpaired) electrons. The van der Waals surface area contributed by atoms with E-state index in [4.69, 9.17) is 11.6 Å². The zero-order chi connectivity index (χ0) is 10.3. The van der Waals surface area contributed by atoms with E-state index in [0.29, 0.717) is 17.4 Å². The van der Waals surface area contributed by atoms with Crippen molar-refractivity contribution in [1.82, 2.24) is 9.78 Å². The van der Waals surface area contributed by atoms with Crippen LogP contribution < -0.4 is 0 Å². The number of aliphatic hydroxyl groups is 1. The van der Waals surface area contributed by atoms with E-state index in [2.05, 4.69) is 5.10 Å². The minimum absolute atomic E-state index is 0.248. The van der Waals surface area contributed by atoms with E-state index in [-0.39, 0.29) is 6.10 Å². The molecule has 0 bridgehead atoms. The third-order valence-corrected chi connectivity index (χ3v) is 3.32. The smallest absolute Gasteiger partial charge is 0.0847 e. The molecule has 1 N–H and O–H groups in total. The number of rotatable bonds is 3. The summed E-state index contributed by atoms with van der Waals surface area (Å²) in [6.07, 6.45) is 2.67. The van der Waals surface area contributed by atoms with Gasteiger partial charge in [-0.05, 0) is 25.7 Å². The number of nitrogens with zero attached hydrogens (tertiary/aromatic N) is 2. The third-order valence-electron chi connectivity index (χ3n) is 2.83. The standard InChI is InChI=1S/C10H15ClN2O/c1-6-10(11)8(13(2)12-6)5-9(14)7-3-4-7/h7,9,14H,3-5H2,1-2H3. The lowest BCUT2D eigenvalue weighted by Crippen LogP contribution is -2.15. The summed E-state index contributed by atoms with van der Waals surface area (Å²) in [7, 11) is 1.87. The maximum atomic E-state index is 9.80. The average Bonchev–Trinajstić information content (AvgIpc) is 2.91. The monoisotopic (exact) mass is 214 g/mol. The van der Waals surface area contributed by atoms with Crippen LogP contribution in [0.5, 0.6) is 0 Å². The summed E-state index contributed by atoms with van der Waals surface area (Å²) >= 11 is 6.09. The van der Waals surface area contributed by atoms with Gasteiger partial charge in [0.15, 0.2) is 0 Å². The highest BCUT2D eigenvalue weighted by molar-refractivity contribution is 6.31. The van der Waals surface area contributed by atoms with Gasteiger partial charge in [-0.1, -0.05) is 11.6 Å². The van der Waals surface area contributed by atoms with Crippen molar-refractivity contribution in [3.05, 3.63) is 16.4 Å². The molecule has 1 heterocycles. The Balaban J connectivity index is 2.14. The Morgan fingerprint density at radius 2 is 2.29 bits per heavy atom. The van der Waals surface area contributed by atoms with Gasteiger partial charge in [-0.3, -0.25) is 4.68 Å². The molecule has 1 aliphatic rings. The summed E-state index contributed by atoms with van der Waals surface area (Å²) < 4.78 is 1.77. The Morgan fingerprint density at radius 1 is 1.64 bits per heavy atom. The summed E-state index contributed by atoms with van der Waals surface area (Å²) in [6.45, 7) is 1.88. The van der Waals surface area contributed by atoms with Gasteiger partial charge in [0.05, 0.1) is 22.5 Å². The van der Waals surface area contributed by atoms with Crippen molar-refractivity contribution in [1.29, 1.82) is 0 Å². The van der Waals surface area contributed by atoms with Crippen molar-refractivity contribution in [3.8, 4) is 0 Å². The van der Waals surface area contributed by atoms with E-state index in [0.717, 1.165) is 24.2 Å². The van der Waals surface area contributed by atoms with Crippen molar-refractivity contribution < 1.29 is 5.11 Å². The number of hydrogen-bond acceptors (Lipinski definition) is 2. The van der Waals surface area contributed by atoms with Crippen molar-refractivity contribution in [2.24, 2.45) is 13.0 Å². The molecular weight excluding hydrogens is 200 g/mol. The first kappa shape index (κ1) is 9.99. The van der Waals surface area contributed by atoms with Crippen molar-refractivity contribution in [3.63, 3.8) is 0 Å². The summed E-state index contributed by atoms with van der Waals surface area (Å²) in [5.74, 6) is 0.487. The van der Waals surface area contributed by atoms with Gasteiger partial charge < -0.3 is 5.11 Å². The normalized spacial score (nSPS) is 18.6. The van der Waals surface area contributed by atoms with Crippen LogP contribution in [0.4, 0.5) is 0 Å². The van der Waals surface area contributed by atoms with Gasteiger partial charge in [-0.25, -0.2) is 0 Å². The first-order chi connectivity index (χ1) is 6.59. The van der Waals surface area contributed by atoms with Crippen LogP contribution in [0.3, 0.4) is 0 Å². The SMILES string of the molecule is Cc1nn(C)c(CC(O)C2CC2)c1Cl. The minimum atomic E-state index is -0.248. The number of aryl methyl sites for hydroxylation is 2. The lowest BCUT2D eigenvalue weighted by atomic mass is 10.1. The highest BCUT2D eigenvalue weighted by Gasteiger charge is 2.31. The molecule has 0 aliphatic heterocycles.